The molecule has 1 aromatic heterocycles. The first-order valence-corrected chi connectivity index (χ1v) is 8.04. The molecule has 23 heavy (non-hydrogen) atoms. The summed E-state index contributed by atoms with van der Waals surface area (Å²) in [7, 11) is 0. The van der Waals surface area contributed by atoms with E-state index < -0.39 is 0 Å². The van der Waals surface area contributed by atoms with Crippen LogP contribution in [-0.4, -0.2) is 27.9 Å². The Morgan fingerprint density at radius 3 is 2.43 bits per heavy atom. The van der Waals surface area contributed by atoms with Crippen LogP contribution < -0.4 is 5.32 Å². The molecule has 0 fully saturated rings. The van der Waals surface area contributed by atoms with E-state index in [1.807, 2.05) is 55.1 Å². The summed E-state index contributed by atoms with van der Waals surface area (Å²) < 4.78 is 0. The minimum Gasteiger partial charge on any atom is -0.382 e. The number of aromatic nitrogens is 1. The van der Waals surface area contributed by atoms with E-state index in [-0.39, 0.29) is 11.9 Å². The zero-order chi connectivity index (χ0) is 16.8. The Morgan fingerprint density at radius 2 is 1.83 bits per heavy atom. The van der Waals surface area contributed by atoms with Gasteiger partial charge in [0.1, 0.15) is 0 Å². The van der Waals surface area contributed by atoms with Crippen LogP contribution >= 0.6 is 0 Å². The summed E-state index contributed by atoms with van der Waals surface area (Å²) in [6, 6.07) is 12.3. The second kappa shape index (κ2) is 7.77. The second-order valence-corrected chi connectivity index (χ2v) is 6.27. The van der Waals surface area contributed by atoms with E-state index in [0.717, 1.165) is 11.3 Å². The molecule has 0 spiro atoms. The van der Waals surface area contributed by atoms with Crippen molar-refractivity contribution in [2.75, 3.05) is 5.32 Å². The van der Waals surface area contributed by atoms with Crippen LogP contribution in [-0.2, 0) is 6.54 Å². The molecule has 0 bridgehead atoms. The van der Waals surface area contributed by atoms with E-state index in [2.05, 4.69) is 24.1 Å². The van der Waals surface area contributed by atoms with Gasteiger partial charge in [-0.3, -0.25) is 9.78 Å². The van der Waals surface area contributed by atoms with Gasteiger partial charge in [-0.2, -0.15) is 0 Å². The largest absolute Gasteiger partial charge is 0.382 e. The highest BCUT2D eigenvalue weighted by Gasteiger charge is 2.19. The van der Waals surface area contributed by atoms with Gasteiger partial charge in [-0.1, -0.05) is 30.3 Å². The van der Waals surface area contributed by atoms with E-state index >= 15 is 0 Å². The molecule has 2 aromatic rings. The molecule has 0 saturated carbocycles. The van der Waals surface area contributed by atoms with Gasteiger partial charge in [-0.25, -0.2) is 0 Å². The Morgan fingerprint density at radius 1 is 1.13 bits per heavy atom. The quantitative estimate of drug-likeness (QED) is 0.878. The molecule has 4 heteroatoms. The van der Waals surface area contributed by atoms with Gasteiger partial charge in [0, 0.05) is 31.0 Å². The van der Waals surface area contributed by atoms with Crippen LogP contribution in [0.15, 0.2) is 48.8 Å². The highest BCUT2D eigenvalue weighted by atomic mass is 16.2. The fraction of sp³-hybridized carbons (Fsp3) is 0.368. The fourth-order valence-electron chi connectivity index (χ4n) is 2.40. The smallest absolute Gasteiger partial charge is 0.256 e. The number of hydrogen-bond donors (Lipinski definition) is 1. The molecule has 1 heterocycles. The monoisotopic (exact) mass is 311 g/mol. The Bertz CT molecular complexity index is 638. The number of amides is 1. The average molecular weight is 311 g/mol. The first kappa shape index (κ1) is 17.0. The molecular weight excluding hydrogens is 286 g/mol. The molecule has 1 N–H and O–H groups in total. The zero-order valence-electron chi connectivity index (χ0n) is 14.3. The third kappa shape index (κ3) is 4.81. The van der Waals surface area contributed by atoms with E-state index in [4.69, 9.17) is 0 Å². The number of carbonyl (C=O) groups is 1. The number of carbonyl (C=O) groups excluding carboxylic acids is 1. The molecule has 4 nitrogen and oxygen atoms in total. The maximum absolute atomic E-state index is 12.9. The lowest BCUT2D eigenvalue weighted by atomic mass is 10.1. The average Bonchev–Trinajstić information content (AvgIpc) is 2.52. The molecule has 2 rings (SSSR count). The van der Waals surface area contributed by atoms with Gasteiger partial charge in [0.2, 0.25) is 0 Å². The van der Waals surface area contributed by atoms with Crippen molar-refractivity contribution in [1.29, 1.82) is 0 Å². The molecule has 0 aliphatic rings. The van der Waals surface area contributed by atoms with Gasteiger partial charge in [0.05, 0.1) is 11.3 Å². The highest BCUT2D eigenvalue weighted by Crippen LogP contribution is 2.16. The maximum Gasteiger partial charge on any atom is 0.256 e. The lowest BCUT2D eigenvalue weighted by Crippen LogP contribution is -2.36. The molecule has 0 radical (unpaired) electrons. The molecule has 0 aliphatic carbocycles. The van der Waals surface area contributed by atoms with Crippen molar-refractivity contribution in [2.24, 2.45) is 0 Å². The van der Waals surface area contributed by atoms with Gasteiger partial charge in [-0.05, 0) is 39.3 Å². The Hall–Kier alpha value is -2.36. The summed E-state index contributed by atoms with van der Waals surface area (Å²) >= 11 is 0. The van der Waals surface area contributed by atoms with Crippen molar-refractivity contribution in [3.8, 4) is 0 Å². The van der Waals surface area contributed by atoms with Crippen molar-refractivity contribution < 1.29 is 4.79 Å². The lowest BCUT2D eigenvalue weighted by Gasteiger charge is -2.27. The van der Waals surface area contributed by atoms with Crippen molar-refractivity contribution >= 4 is 11.6 Å². The zero-order valence-corrected chi connectivity index (χ0v) is 14.3. The molecule has 1 amide bonds. The number of nitrogens with one attached hydrogen (secondary N) is 1. The summed E-state index contributed by atoms with van der Waals surface area (Å²) in [5, 5.41) is 3.28. The Kier molecular flexibility index (Phi) is 5.74. The Labute approximate surface area is 138 Å². The van der Waals surface area contributed by atoms with Gasteiger partial charge in [-0.15, -0.1) is 0 Å². The summed E-state index contributed by atoms with van der Waals surface area (Å²) in [5.74, 6) is 0.00348. The van der Waals surface area contributed by atoms with Gasteiger partial charge in [0.15, 0.2) is 0 Å². The first-order valence-electron chi connectivity index (χ1n) is 8.04. The molecule has 122 valence electrons. The third-order valence-corrected chi connectivity index (χ3v) is 3.52. The third-order valence-electron chi connectivity index (χ3n) is 3.52. The number of rotatable bonds is 6. The minimum atomic E-state index is 0.00348. The molecular formula is C19H25N3O. The van der Waals surface area contributed by atoms with E-state index in [0.29, 0.717) is 18.2 Å². The van der Waals surface area contributed by atoms with E-state index in [9.17, 15) is 4.79 Å². The molecule has 0 unspecified atom stereocenters. The number of nitrogens with zero attached hydrogens (tertiary/aromatic N) is 2. The van der Waals surface area contributed by atoms with Crippen LogP contribution in [0.5, 0.6) is 0 Å². The maximum atomic E-state index is 12.9. The molecule has 0 atom stereocenters. The van der Waals surface area contributed by atoms with Gasteiger partial charge >= 0.3 is 0 Å². The van der Waals surface area contributed by atoms with Crippen LogP contribution in [0.3, 0.4) is 0 Å². The molecule has 0 saturated heterocycles. The fourth-order valence-corrected chi connectivity index (χ4v) is 2.40. The van der Waals surface area contributed by atoms with Crippen LogP contribution in [0.4, 0.5) is 5.69 Å². The second-order valence-electron chi connectivity index (χ2n) is 6.27. The summed E-state index contributed by atoms with van der Waals surface area (Å²) in [6.45, 7) is 8.78. The number of hydrogen-bond acceptors (Lipinski definition) is 3. The van der Waals surface area contributed by atoms with Gasteiger partial charge < -0.3 is 10.2 Å². The standard InChI is InChI=1S/C19H25N3O/c1-14(2)21-18-10-17(11-20-12-18)19(23)22(15(3)4)13-16-8-6-5-7-9-16/h5-12,14-15,21H,13H2,1-4H3. The predicted molar refractivity (Wildman–Crippen MR) is 94.4 cm³/mol. The summed E-state index contributed by atoms with van der Waals surface area (Å²) in [6.07, 6.45) is 3.38. The molecule has 1 aromatic carbocycles. The summed E-state index contributed by atoms with van der Waals surface area (Å²) in [5.41, 5.74) is 2.61. The molecule has 0 aliphatic heterocycles. The van der Waals surface area contributed by atoms with Crippen LogP contribution in [0, 0.1) is 0 Å². The van der Waals surface area contributed by atoms with Crippen LogP contribution in [0.1, 0.15) is 43.6 Å². The SMILES string of the molecule is CC(C)Nc1cncc(C(=O)N(Cc2ccccc2)C(C)C)c1. The van der Waals surface area contributed by atoms with Crippen molar-refractivity contribution in [3.05, 3.63) is 59.9 Å². The van der Waals surface area contributed by atoms with Crippen molar-refractivity contribution in [3.63, 3.8) is 0 Å². The van der Waals surface area contributed by atoms with E-state index in [1.165, 1.54) is 0 Å². The summed E-state index contributed by atoms with van der Waals surface area (Å²) in [4.78, 5) is 19.0. The van der Waals surface area contributed by atoms with Crippen molar-refractivity contribution in [1.82, 2.24) is 9.88 Å². The number of anilines is 1. The lowest BCUT2D eigenvalue weighted by molar-refractivity contribution is 0.0690. The predicted octanol–water partition coefficient (Wildman–Crippen LogP) is 3.95. The normalized spacial score (nSPS) is 10.9. The first-order chi connectivity index (χ1) is 11.0. The van der Waals surface area contributed by atoms with Crippen LogP contribution in [0.25, 0.3) is 0 Å². The highest BCUT2D eigenvalue weighted by molar-refractivity contribution is 5.94. The minimum absolute atomic E-state index is 0.00348. The topological polar surface area (TPSA) is 45.2 Å². The number of pyridine rings is 1. The number of benzene rings is 1. The van der Waals surface area contributed by atoms with E-state index in [1.54, 1.807) is 12.4 Å². The van der Waals surface area contributed by atoms with Crippen molar-refractivity contribution in [2.45, 2.75) is 46.3 Å². The Balaban J connectivity index is 2.21. The van der Waals surface area contributed by atoms with Gasteiger partial charge in [0.25, 0.3) is 5.91 Å². The van der Waals surface area contributed by atoms with Crippen LogP contribution in [0.2, 0.25) is 0 Å².